The number of nitrogens with zero attached hydrogens (tertiary/aromatic N) is 1. The summed E-state index contributed by atoms with van der Waals surface area (Å²) in [7, 11) is 0. The fourth-order valence-corrected chi connectivity index (χ4v) is 3.23. The highest BCUT2D eigenvalue weighted by Gasteiger charge is 2.37. The first-order valence-electron chi connectivity index (χ1n) is 7.98. The maximum absolute atomic E-state index is 12.3. The number of rotatable bonds is 4. The summed E-state index contributed by atoms with van der Waals surface area (Å²) in [4.78, 5) is 19.4. The first-order valence-corrected chi connectivity index (χ1v) is 7.98. The predicted molar refractivity (Wildman–Crippen MR) is 81.6 cm³/mol. The molecule has 0 amide bonds. The second-order valence-corrected chi connectivity index (χ2v) is 6.15. The third-order valence-electron chi connectivity index (χ3n) is 4.28. The summed E-state index contributed by atoms with van der Waals surface area (Å²) >= 11 is 0. The van der Waals surface area contributed by atoms with E-state index in [2.05, 4.69) is 9.97 Å². The van der Waals surface area contributed by atoms with Gasteiger partial charge in [0.15, 0.2) is 0 Å². The maximum atomic E-state index is 12.3. The van der Waals surface area contributed by atoms with Crippen LogP contribution in [-0.4, -0.2) is 21.7 Å². The van der Waals surface area contributed by atoms with Gasteiger partial charge >= 0.3 is 0 Å². The summed E-state index contributed by atoms with van der Waals surface area (Å²) in [6, 6.07) is 0. The van der Waals surface area contributed by atoms with E-state index in [1.807, 2.05) is 20.8 Å². The minimum atomic E-state index is -0.558. The van der Waals surface area contributed by atoms with Gasteiger partial charge in [-0.2, -0.15) is 4.98 Å². The molecule has 1 fully saturated rings. The molecule has 1 aliphatic rings. The van der Waals surface area contributed by atoms with E-state index >= 15 is 0 Å². The van der Waals surface area contributed by atoms with E-state index in [0.717, 1.165) is 25.7 Å². The van der Waals surface area contributed by atoms with Crippen LogP contribution >= 0.6 is 0 Å². The van der Waals surface area contributed by atoms with Crippen LogP contribution in [0.5, 0.6) is 5.88 Å². The Morgan fingerprint density at radius 2 is 1.90 bits per heavy atom. The van der Waals surface area contributed by atoms with Gasteiger partial charge in [-0.05, 0) is 25.7 Å². The zero-order valence-electron chi connectivity index (χ0n) is 13.2. The second kappa shape index (κ2) is 6.60. The summed E-state index contributed by atoms with van der Waals surface area (Å²) < 4.78 is 6.00. The smallest absolute Gasteiger partial charge is 0.258 e. The van der Waals surface area contributed by atoms with Crippen molar-refractivity contribution in [2.45, 2.75) is 70.8 Å². The maximum Gasteiger partial charge on any atom is 0.258 e. The zero-order valence-corrected chi connectivity index (χ0v) is 13.2. The molecule has 0 unspecified atom stereocenters. The average molecular weight is 294 g/mol. The second-order valence-electron chi connectivity index (χ2n) is 6.15. The van der Waals surface area contributed by atoms with Crippen LogP contribution in [0.4, 0.5) is 0 Å². The molecule has 2 rings (SSSR count). The SMILES string of the molecule is CCOC1(c2nc(O)c(C(C)C)c(=O)[nH]2)CCCCCC1. The predicted octanol–water partition coefficient (Wildman–Crippen LogP) is 3.18. The van der Waals surface area contributed by atoms with Gasteiger partial charge in [0, 0.05) is 6.61 Å². The fraction of sp³-hybridized carbons (Fsp3) is 0.750. The van der Waals surface area contributed by atoms with Crippen LogP contribution in [-0.2, 0) is 10.3 Å². The van der Waals surface area contributed by atoms with Crippen molar-refractivity contribution in [2.24, 2.45) is 0 Å². The van der Waals surface area contributed by atoms with E-state index in [0.29, 0.717) is 18.0 Å². The van der Waals surface area contributed by atoms with E-state index < -0.39 is 5.60 Å². The lowest BCUT2D eigenvalue weighted by Crippen LogP contribution is -2.34. The highest BCUT2D eigenvalue weighted by Crippen LogP contribution is 2.38. The van der Waals surface area contributed by atoms with Crippen LogP contribution in [0.2, 0.25) is 0 Å². The van der Waals surface area contributed by atoms with Crippen LogP contribution in [0.1, 0.15) is 76.6 Å². The van der Waals surface area contributed by atoms with Crippen LogP contribution in [0.15, 0.2) is 4.79 Å². The Morgan fingerprint density at radius 1 is 1.29 bits per heavy atom. The van der Waals surface area contributed by atoms with Crippen molar-refractivity contribution in [1.82, 2.24) is 9.97 Å². The fourth-order valence-electron chi connectivity index (χ4n) is 3.23. The molecule has 5 heteroatoms. The number of ether oxygens (including phenoxy) is 1. The third-order valence-corrected chi connectivity index (χ3v) is 4.28. The van der Waals surface area contributed by atoms with Gasteiger partial charge in [-0.25, -0.2) is 0 Å². The first-order chi connectivity index (χ1) is 10.00. The molecule has 118 valence electrons. The number of aromatic amines is 1. The Morgan fingerprint density at radius 3 is 2.38 bits per heavy atom. The molecule has 0 aromatic carbocycles. The molecule has 2 N–H and O–H groups in total. The first kappa shape index (κ1) is 16.0. The molecule has 0 aliphatic heterocycles. The summed E-state index contributed by atoms with van der Waals surface area (Å²) in [5.74, 6) is 0.262. The minimum absolute atomic E-state index is 0.0625. The minimum Gasteiger partial charge on any atom is -0.493 e. The summed E-state index contributed by atoms with van der Waals surface area (Å²) in [6.45, 7) is 6.26. The zero-order chi connectivity index (χ0) is 15.5. The molecular formula is C16H26N2O3. The molecule has 0 bridgehead atoms. The number of hydrogen-bond acceptors (Lipinski definition) is 4. The van der Waals surface area contributed by atoms with Crippen molar-refractivity contribution in [2.75, 3.05) is 6.61 Å². The molecule has 1 aliphatic carbocycles. The largest absolute Gasteiger partial charge is 0.493 e. The highest BCUT2D eigenvalue weighted by molar-refractivity contribution is 5.27. The van der Waals surface area contributed by atoms with E-state index in [4.69, 9.17) is 4.74 Å². The lowest BCUT2D eigenvalue weighted by Gasteiger charge is -2.31. The Bertz CT molecular complexity index is 529. The quantitative estimate of drug-likeness (QED) is 0.836. The molecule has 1 heterocycles. The molecule has 0 saturated heterocycles. The Hall–Kier alpha value is -1.36. The number of H-pyrrole nitrogens is 1. The van der Waals surface area contributed by atoms with Gasteiger partial charge in [0.2, 0.25) is 5.88 Å². The van der Waals surface area contributed by atoms with E-state index in [9.17, 15) is 9.90 Å². The van der Waals surface area contributed by atoms with Gasteiger partial charge in [-0.1, -0.05) is 39.5 Å². The van der Waals surface area contributed by atoms with Crippen molar-refractivity contribution in [3.8, 4) is 5.88 Å². The van der Waals surface area contributed by atoms with Crippen molar-refractivity contribution in [3.63, 3.8) is 0 Å². The van der Waals surface area contributed by atoms with Crippen LogP contribution in [0, 0.1) is 0 Å². The standard InChI is InChI=1S/C16H26N2O3/c1-4-21-16(9-7-5-6-8-10-16)15-17-13(19)12(11(2)3)14(20)18-15/h11H,4-10H2,1-3H3,(H2,17,18,19,20). The molecule has 0 spiro atoms. The Balaban J connectivity index is 2.48. The van der Waals surface area contributed by atoms with Gasteiger partial charge in [-0.15, -0.1) is 0 Å². The van der Waals surface area contributed by atoms with Gasteiger partial charge in [0.1, 0.15) is 11.4 Å². The summed E-state index contributed by atoms with van der Waals surface area (Å²) in [5.41, 5.74) is -0.466. The number of nitrogens with one attached hydrogen (secondary N) is 1. The van der Waals surface area contributed by atoms with E-state index in [1.165, 1.54) is 12.8 Å². The number of aromatic nitrogens is 2. The van der Waals surface area contributed by atoms with Gasteiger partial charge in [0.25, 0.3) is 5.56 Å². The third kappa shape index (κ3) is 3.28. The average Bonchev–Trinajstić information content (AvgIpc) is 2.64. The van der Waals surface area contributed by atoms with E-state index in [-0.39, 0.29) is 17.4 Å². The Kier molecular flexibility index (Phi) is 5.04. The molecule has 1 aromatic heterocycles. The topological polar surface area (TPSA) is 75.2 Å². The summed E-state index contributed by atoms with van der Waals surface area (Å²) in [5, 5.41) is 10.1. The van der Waals surface area contributed by atoms with Gasteiger partial charge < -0.3 is 14.8 Å². The van der Waals surface area contributed by atoms with Gasteiger partial charge in [-0.3, -0.25) is 4.79 Å². The van der Waals surface area contributed by atoms with Crippen LogP contribution in [0.25, 0.3) is 0 Å². The van der Waals surface area contributed by atoms with Crippen molar-refractivity contribution in [1.29, 1.82) is 0 Å². The molecule has 0 atom stereocenters. The highest BCUT2D eigenvalue weighted by atomic mass is 16.5. The van der Waals surface area contributed by atoms with Crippen molar-refractivity contribution in [3.05, 3.63) is 21.7 Å². The molecule has 1 saturated carbocycles. The number of hydrogen-bond donors (Lipinski definition) is 2. The number of aromatic hydroxyl groups is 1. The normalized spacial score (nSPS) is 18.7. The van der Waals surface area contributed by atoms with Crippen LogP contribution in [0.3, 0.4) is 0 Å². The summed E-state index contributed by atoms with van der Waals surface area (Å²) in [6.07, 6.45) is 6.13. The van der Waals surface area contributed by atoms with E-state index in [1.54, 1.807) is 0 Å². The monoisotopic (exact) mass is 294 g/mol. The lowest BCUT2D eigenvalue weighted by atomic mass is 9.92. The van der Waals surface area contributed by atoms with Crippen LogP contribution < -0.4 is 5.56 Å². The van der Waals surface area contributed by atoms with Crippen molar-refractivity contribution < 1.29 is 9.84 Å². The molecule has 21 heavy (non-hydrogen) atoms. The van der Waals surface area contributed by atoms with Gasteiger partial charge in [0.05, 0.1) is 5.56 Å². The molecule has 0 radical (unpaired) electrons. The molecule has 1 aromatic rings. The van der Waals surface area contributed by atoms with Crippen molar-refractivity contribution >= 4 is 0 Å². The molecular weight excluding hydrogens is 268 g/mol. The Labute approximate surface area is 125 Å². The lowest BCUT2D eigenvalue weighted by molar-refractivity contribution is -0.0629. The molecule has 5 nitrogen and oxygen atoms in total.